The van der Waals surface area contributed by atoms with E-state index in [9.17, 15) is 18.5 Å². The number of sulfonamides is 1. The molecular formula is C11H13Cl2N3O4S. The van der Waals surface area contributed by atoms with Gasteiger partial charge in [-0.2, -0.15) is 0 Å². The average molecular weight is 354 g/mol. The molecular weight excluding hydrogens is 341 g/mol. The van der Waals surface area contributed by atoms with Crippen molar-refractivity contribution in [1.29, 1.82) is 0 Å². The van der Waals surface area contributed by atoms with Crippen molar-refractivity contribution in [3.63, 3.8) is 0 Å². The molecule has 0 aromatic heterocycles. The fourth-order valence-electron chi connectivity index (χ4n) is 2.13. The van der Waals surface area contributed by atoms with Gasteiger partial charge in [0.05, 0.1) is 4.92 Å². The van der Waals surface area contributed by atoms with Gasteiger partial charge in [0, 0.05) is 12.6 Å². The van der Waals surface area contributed by atoms with Crippen molar-refractivity contribution >= 4 is 38.9 Å². The zero-order chi connectivity index (χ0) is 15.6. The SMILES string of the molecule is O=[N+]([O-])c1c(Cl)ccc(S(=O)(=O)N[C@H]2CCCNC2)c1Cl. The first-order valence-corrected chi connectivity index (χ1v) is 8.42. The van der Waals surface area contributed by atoms with Crippen molar-refractivity contribution in [1.82, 2.24) is 10.0 Å². The molecule has 1 aromatic carbocycles. The van der Waals surface area contributed by atoms with Crippen LogP contribution in [-0.2, 0) is 10.0 Å². The minimum Gasteiger partial charge on any atom is -0.315 e. The quantitative estimate of drug-likeness (QED) is 0.636. The Bertz CT molecular complexity index is 660. The summed E-state index contributed by atoms with van der Waals surface area (Å²) in [6.07, 6.45) is 1.54. The normalized spacial score (nSPS) is 19.4. The van der Waals surface area contributed by atoms with Crippen molar-refractivity contribution in [3.05, 3.63) is 32.3 Å². The lowest BCUT2D eigenvalue weighted by molar-refractivity contribution is -0.384. The maximum absolute atomic E-state index is 12.3. The van der Waals surface area contributed by atoms with Crippen molar-refractivity contribution in [2.24, 2.45) is 0 Å². The summed E-state index contributed by atoms with van der Waals surface area (Å²) < 4.78 is 27.1. The molecule has 7 nitrogen and oxygen atoms in total. The lowest BCUT2D eigenvalue weighted by atomic mass is 10.1. The molecule has 21 heavy (non-hydrogen) atoms. The Morgan fingerprint density at radius 2 is 2.10 bits per heavy atom. The van der Waals surface area contributed by atoms with E-state index >= 15 is 0 Å². The Kier molecular flexibility index (Phi) is 5.05. The monoisotopic (exact) mass is 353 g/mol. The van der Waals surface area contributed by atoms with Crippen LogP contribution in [-0.4, -0.2) is 32.5 Å². The van der Waals surface area contributed by atoms with Crippen LogP contribution in [0.25, 0.3) is 0 Å². The molecule has 2 N–H and O–H groups in total. The average Bonchev–Trinajstić information content (AvgIpc) is 2.38. The highest BCUT2D eigenvalue weighted by Gasteiger charge is 2.29. The third-order valence-electron chi connectivity index (χ3n) is 3.12. The Hall–Kier alpha value is -0.930. The Morgan fingerprint density at radius 1 is 1.38 bits per heavy atom. The summed E-state index contributed by atoms with van der Waals surface area (Å²) in [4.78, 5) is 9.78. The number of nitrogens with one attached hydrogen (secondary N) is 2. The molecule has 0 unspecified atom stereocenters. The molecule has 116 valence electrons. The van der Waals surface area contributed by atoms with Crippen LogP contribution < -0.4 is 10.0 Å². The Balaban J connectivity index is 2.36. The van der Waals surface area contributed by atoms with Gasteiger partial charge in [-0.05, 0) is 31.5 Å². The van der Waals surface area contributed by atoms with Gasteiger partial charge in [0.25, 0.3) is 0 Å². The number of hydrogen-bond acceptors (Lipinski definition) is 5. The van der Waals surface area contributed by atoms with Gasteiger partial charge < -0.3 is 5.32 Å². The fourth-order valence-corrected chi connectivity index (χ4v) is 4.29. The van der Waals surface area contributed by atoms with Crippen molar-refractivity contribution in [2.75, 3.05) is 13.1 Å². The first-order valence-electron chi connectivity index (χ1n) is 6.18. The predicted octanol–water partition coefficient (Wildman–Crippen LogP) is 1.93. The Labute approximate surface area is 131 Å². The molecule has 1 atom stereocenters. The van der Waals surface area contributed by atoms with Gasteiger partial charge in [-0.1, -0.05) is 23.2 Å². The molecule has 0 spiro atoms. The Morgan fingerprint density at radius 3 is 2.67 bits per heavy atom. The number of nitrogens with zero attached hydrogens (tertiary/aromatic N) is 1. The van der Waals surface area contributed by atoms with Crippen LogP contribution in [0.3, 0.4) is 0 Å². The van der Waals surface area contributed by atoms with E-state index in [0.29, 0.717) is 13.0 Å². The zero-order valence-electron chi connectivity index (χ0n) is 10.8. The summed E-state index contributed by atoms with van der Waals surface area (Å²) >= 11 is 11.5. The van der Waals surface area contributed by atoms with E-state index in [1.54, 1.807) is 0 Å². The molecule has 0 radical (unpaired) electrons. The van der Waals surface area contributed by atoms with Crippen LogP contribution in [0, 0.1) is 10.1 Å². The van der Waals surface area contributed by atoms with Crippen LogP contribution >= 0.6 is 23.2 Å². The summed E-state index contributed by atoms with van der Waals surface area (Å²) in [6.45, 7) is 1.35. The molecule has 0 saturated carbocycles. The second-order valence-electron chi connectivity index (χ2n) is 4.63. The molecule has 0 bridgehead atoms. The van der Waals surface area contributed by atoms with Crippen LogP contribution in [0.15, 0.2) is 17.0 Å². The number of nitro benzene ring substituents is 1. The molecule has 1 aliphatic rings. The summed E-state index contributed by atoms with van der Waals surface area (Å²) in [5, 5.41) is 13.3. The van der Waals surface area contributed by atoms with Gasteiger partial charge in [-0.3, -0.25) is 10.1 Å². The predicted molar refractivity (Wildman–Crippen MR) is 79.3 cm³/mol. The molecule has 1 saturated heterocycles. The van der Waals surface area contributed by atoms with Crippen molar-refractivity contribution in [3.8, 4) is 0 Å². The highest BCUT2D eigenvalue weighted by molar-refractivity contribution is 7.89. The van der Waals surface area contributed by atoms with Gasteiger partial charge in [0.1, 0.15) is 14.9 Å². The lowest BCUT2D eigenvalue weighted by Crippen LogP contribution is -2.45. The van der Waals surface area contributed by atoms with Crippen LogP contribution in [0.2, 0.25) is 10.0 Å². The van der Waals surface area contributed by atoms with E-state index in [4.69, 9.17) is 23.2 Å². The summed E-state index contributed by atoms with van der Waals surface area (Å²) in [7, 11) is -3.95. The lowest BCUT2D eigenvalue weighted by Gasteiger charge is -2.23. The fraction of sp³-hybridized carbons (Fsp3) is 0.455. The number of benzene rings is 1. The number of hydrogen-bond donors (Lipinski definition) is 2. The van der Waals surface area contributed by atoms with Crippen LogP contribution in [0.5, 0.6) is 0 Å². The molecule has 1 aromatic rings. The molecule has 1 heterocycles. The first-order chi connectivity index (χ1) is 9.83. The van der Waals surface area contributed by atoms with E-state index in [1.165, 1.54) is 0 Å². The van der Waals surface area contributed by atoms with Crippen LogP contribution in [0.1, 0.15) is 12.8 Å². The molecule has 1 fully saturated rings. The maximum Gasteiger partial charge on any atom is 0.307 e. The summed E-state index contributed by atoms with van der Waals surface area (Å²) in [5.41, 5.74) is -0.608. The van der Waals surface area contributed by atoms with Gasteiger partial charge in [-0.15, -0.1) is 0 Å². The number of piperidine rings is 1. The molecule has 1 aliphatic heterocycles. The second kappa shape index (κ2) is 6.45. The minimum atomic E-state index is -3.95. The molecule has 2 rings (SSSR count). The van der Waals surface area contributed by atoms with E-state index < -0.39 is 25.7 Å². The molecule has 10 heteroatoms. The van der Waals surface area contributed by atoms with Gasteiger partial charge in [0.2, 0.25) is 10.0 Å². The number of nitro groups is 1. The van der Waals surface area contributed by atoms with Gasteiger partial charge in [0.15, 0.2) is 0 Å². The van der Waals surface area contributed by atoms with Crippen molar-refractivity contribution in [2.45, 2.75) is 23.8 Å². The number of rotatable bonds is 4. The largest absolute Gasteiger partial charge is 0.315 e. The van der Waals surface area contributed by atoms with E-state index in [0.717, 1.165) is 25.1 Å². The topological polar surface area (TPSA) is 101 Å². The first kappa shape index (κ1) is 16.4. The highest BCUT2D eigenvalue weighted by atomic mass is 35.5. The van der Waals surface area contributed by atoms with E-state index in [2.05, 4.69) is 10.0 Å². The van der Waals surface area contributed by atoms with Crippen molar-refractivity contribution < 1.29 is 13.3 Å². The summed E-state index contributed by atoms with van der Waals surface area (Å²) in [5.74, 6) is 0. The molecule has 0 amide bonds. The van der Waals surface area contributed by atoms with Gasteiger partial charge in [-0.25, -0.2) is 13.1 Å². The van der Waals surface area contributed by atoms with Crippen LogP contribution in [0.4, 0.5) is 5.69 Å². The smallest absolute Gasteiger partial charge is 0.307 e. The van der Waals surface area contributed by atoms with Gasteiger partial charge >= 0.3 is 5.69 Å². The molecule has 0 aliphatic carbocycles. The zero-order valence-corrected chi connectivity index (χ0v) is 13.1. The van der Waals surface area contributed by atoms with E-state index in [1.807, 2.05) is 0 Å². The number of halogens is 2. The standard InChI is InChI=1S/C11H13Cl2N3O4S/c12-8-3-4-9(10(13)11(8)16(17)18)21(19,20)15-7-2-1-5-14-6-7/h3-4,7,14-15H,1-2,5-6H2/t7-/m0/s1. The third kappa shape index (κ3) is 3.64. The third-order valence-corrected chi connectivity index (χ3v) is 5.48. The maximum atomic E-state index is 12.3. The highest BCUT2D eigenvalue weighted by Crippen LogP contribution is 2.37. The summed E-state index contributed by atoms with van der Waals surface area (Å²) in [6, 6.07) is 2.05. The minimum absolute atomic E-state index is 0.205. The van der Waals surface area contributed by atoms with E-state index in [-0.39, 0.29) is 16.0 Å². The second-order valence-corrected chi connectivity index (χ2v) is 7.10.